The van der Waals surface area contributed by atoms with Crippen LogP contribution in [0.5, 0.6) is 5.75 Å². The van der Waals surface area contributed by atoms with Crippen molar-refractivity contribution < 1.29 is 9.53 Å². The fraction of sp³-hybridized carbons (Fsp3) is 0.250. The molecule has 0 aliphatic carbocycles. The third-order valence-electron chi connectivity index (χ3n) is 5.18. The predicted octanol–water partition coefficient (Wildman–Crippen LogP) is 5.49. The van der Waals surface area contributed by atoms with Crippen LogP contribution in [0.1, 0.15) is 25.1 Å². The number of ether oxygens (including phenoxy) is 1. The number of hydrogen-bond donors (Lipinski definition) is 0. The number of thiazole rings is 1. The molecule has 0 aliphatic heterocycles. The van der Waals surface area contributed by atoms with Crippen LogP contribution in [0.15, 0.2) is 59.1 Å². The number of aryl methyl sites for hydroxylation is 1. The fourth-order valence-corrected chi connectivity index (χ4v) is 5.14. The van der Waals surface area contributed by atoms with Gasteiger partial charge in [-0.2, -0.15) is 0 Å². The molecule has 7 nitrogen and oxygen atoms in total. The highest BCUT2D eigenvalue weighted by molar-refractivity contribution is 7.98. The number of hydrogen-bond acceptors (Lipinski definition) is 7. The normalized spacial score (nSPS) is 10.9. The molecule has 1 amide bonds. The summed E-state index contributed by atoms with van der Waals surface area (Å²) in [6, 6.07) is 15.8. The summed E-state index contributed by atoms with van der Waals surface area (Å²) in [6.07, 6.45) is 0.960. The Balaban J connectivity index is 1.47. The molecule has 0 saturated carbocycles. The highest BCUT2D eigenvalue weighted by Crippen LogP contribution is 2.32. The summed E-state index contributed by atoms with van der Waals surface area (Å²) in [7, 11) is 3.60. The number of amides is 1. The van der Waals surface area contributed by atoms with E-state index < -0.39 is 0 Å². The van der Waals surface area contributed by atoms with Crippen molar-refractivity contribution in [1.82, 2.24) is 19.7 Å². The van der Waals surface area contributed by atoms with Gasteiger partial charge in [0.25, 0.3) is 0 Å². The van der Waals surface area contributed by atoms with Gasteiger partial charge in [0.1, 0.15) is 5.75 Å². The molecule has 0 fully saturated rings. The highest BCUT2D eigenvalue weighted by Gasteiger charge is 2.19. The lowest BCUT2D eigenvalue weighted by atomic mass is 10.1. The van der Waals surface area contributed by atoms with Crippen molar-refractivity contribution in [1.29, 1.82) is 0 Å². The maximum atomic E-state index is 12.4. The third-order valence-corrected chi connectivity index (χ3v) is 7.11. The van der Waals surface area contributed by atoms with E-state index in [2.05, 4.69) is 17.1 Å². The smallest absolute Gasteiger partial charge is 0.230 e. The Morgan fingerprint density at radius 3 is 2.48 bits per heavy atom. The van der Waals surface area contributed by atoms with Crippen LogP contribution in [0.2, 0.25) is 0 Å². The molecular weight excluding hydrogens is 454 g/mol. The Hall–Kier alpha value is -3.17. The first-order valence-electron chi connectivity index (χ1n) is 10.5. The lowest BCUT2D eigenvalue weighted by Gasteiger charge is -2.18. The number of carbonyl (C=O) groups is 1. The van der Waals surface area contributed by atoms with Crippen LogP contribution in [0.25, 0.3) is 11.4 Å². The first-order chi connectivity index (χ1) is 16.0. The minimum Gasteiger partial charge on any atom is -0.497 e. The summed E-state index contributed by atoms with van der Waals surface area (Å²) in [5.74, 6) is 2.16. The van der Waals surface area contributed by atoms with Gasteiger partial charge in [0.15, 0.2) is 16.1 Å². The van der Waals surface area contributed by atoms with Crippen LogP contribution in [0.4, 0.5) is 10.8 Å². The zero-order valence-electron chi connectivity index (χ0n) is 19.0. The lowest BCUT2D eigenvalue weighted by Crippen LogP contribution is -2.22. The van der Waals surface area contributed by atoms with Crippen molar-refractivity contribution in [3.63, 3.8) is 0 Å². The van der Waals surface area contributed by atoms with Crippen LogP contribution >= 0.6 is 23.1 Å². The summed E-state index contributed by atoms with van der Waals surface area (Å²) in [4.78, 5) is 18.7. The number of anilines is 2. The number of carbonyl (C=O) groups excluding carboxylic acids is 1. The van der Waals surface area contributed by atoms with E-state index in [4.69, 9.17) is 9.72 Å². The number of aromatic nitrogens is 4. The van der Waals surface area contributed by atoms with Crippen molar-refractivity contribution >= 4 is 39.8 Å². The highest BCUT2D eigenvalue weighted by atomic mass is 32.2. The van der Waals surface area contributed by atoms with Gasteiger partial charge in [0.05, 0.1) is 18.5 Å². The van der Waals surface area contributed by atoms with E-state index in [9.17, 15) is 4.79 Å². The van der Waals surface area contributed by atoms with Crippen LogP contribution in [0, 0.1) is 0 Å². The van der Waals surface area contributed by atoms with Crippen LogP contribution in [0.3, 0.4) is 0 Å². The summed E-state index contributed by atoms with van der Waals surface area (Å²) in [5, 5.41) is 12.1. The zero-order valence-corrected chi connectivity index (χ0v) is 20.6. The number of benzene rings is 2. The molecule has 0 bridgehead atoms. The standard InChI is InChI=1S/C24H25N5O2S2/c1-5-17-6-10-20(11-7-17)29(16(2)30)23-25-19(14-32-23)15-33-24-27-26-22(28(24)3)18-8-12-21(31-4)13-9-18/h6-14H,5,15H2,1-4H3. The summed E-state index contributed by atoms with van der Waals surface area (Å²) in [6.45, 7) is 3.67. The lowest BCUT2D eigenvalue weighted by molar-refractivity contribution is -0.115. The summed E-state index contributed by atoms with van der Waals surface area (Å²) in [5.41, 5.74) is 3.92. The predicted molar refractivity (Wildman–Crippen MR) is 133 cm³/mol. The molecular formula is C24H25N5O2S2. The minimum atomic E-state index is -0.0646. The van der Waals surface area contributed by atoms with Crippen LogP contribution in [-0.4, -0.2) is 32.8 Å². The molecule has 4 rings (SSSR count). The molecule has 0 saturated heterocycles. The van der Waals surface area contributed by atoms with Crippen molar-refractivity contribution in [3.8, 4) is 17.1 Å². The SMILES string of the molecule is CCc1ccc(N(C(C)=O)c2nc(CSc3nnc(-c4ccc(OC)cc4)n3C)cs2)cc1. The average Bonchev–Trinajstić information content (AvgIpc) is 3.44. The molecule has 0 aliphatic rings. The first kappa shape index (κ1) is 23.0. The molecule has 2 aromatic carbocycles. The Morgan fingerprint density at radius 1 is 1.12 bits per heavy atom. The van der Waals surface area contributed by atoms with Crippen LogP contribution in [-0.2, 0) is 24.0 Å². The second-order valence-electron chi connectivity index (χ2n) is 7.38. The molecule has 2 heterocycles. The van der Waals surface area contributed by atoms with Crippen molar-refractivity contribution in [2.75, 3.05) is 12.0 Å². The molecule has 170 valence electrons. The monoisotopic (exact) mass is 479 g/mol. The van der Waals surface area contributed by atoms with E-state index in [0.29, 0.717) is 10.9 Å². The Kier molecular flexibility index (Phi) is 7.10. The second kappa shape index (κ2) is 10.2. The molecule has 9 heteroatoms. The quantitative estimate of drug-likeness (QED) is 0.311. The summed E-state index contributed by atoms with van der Waals surface area (Å²) < 4.78 is 7.19. The number of thioether (sulfide) groups is 1. The summed E-state index contributed by atoms with van der Waals surface area (Å²) >= 11 is 3.02. The van der Waals surface area contributed by atoms with Gasteiger partial charge in [0, 0.05) is 30.7 Å². The molecule has 0 N–H and O–H groups in total. The van der Waals surface area contributed by atoms with E-state index in [1.165, 1.54) is 16.9 Å². The maximum absolute atomic E-state index is 12.4. The molecule has 4 aromatic rings. The largest absolute Gasteiger partial charge is 0.497 e. The molecule has 0 unspecified atom stereocenters. The van der Waals surface area contributed by atoms with Crippen molar-refractivity contribution in [2.45, 2.75) is 31.2 Å². The second-order valence-corrected chi connectivity index (χ2v) is 9.16. The molecule has 0 radical (unpaired) electrons. The van der Waals surface area contributed by atoms with Gasteiger partial charge in [-0.1, -0.05) is 30.8 Å². The minimum absolute atomic E-state index is 0.0646. The van der Waals surface area contributed by atoms with Gasteiger partial charge < -0.3 is 9.30 Å². The van der Waals surface area contributed by atoms with Gasteiger partial charge in [-0.05, 0) is 48.4 Å². The van der Waals surface area contributed by atoms with Gasteiger partial charge in [-0.25, -0.2) is 4.98 Å². The number of nitrogens with zero attached hydrogens (tertiary/aromatic N) is 5. The molecule has 33 heavy (non-hydrogen) atoms. The number of rotatable bonds is 8. The zero-order chi connectivity index (χ0) is 23.4. The Bertz CT molecular complexity index is 1230. The van der Waals surface area contributed by atoms with Gasteiger partial charge >= 0.3 is 0 Å². The fourth-order valence-electron chi connectivity index (χ4n) is 3.34. The Morgan fingerprint density at radius 2 is 1.85 bits per heavy atom. The van der Waals surface area contributed by atoms with E-state index >= 15 is 0 Å². The van der Waals surface area contributed by atoms with E-state index in [1.54, 1.807) is 30.7 Å². The van der Waals surface area contributed by atoms with E-state index in [-0.39, 0.29) is 5.91 Å². The molecule has 0 spiro atoms. The van der Waals surface area contributed by atoms with Gasteiger partial charge in [0.2, 0.25) is 5.91 Å². The topological polar surface area (TPSA) is 73.1 Å². The van der Waals surface area contributed by atoms with Gasteiger partial charge in [-0.3, -0.25) is 9.69 Å². The Labute approximate surface area is 201 Å². The van der Waals surface area contributed by atoms with Gasteiger partial charge in [-0.15, -0.1) is 21.5 Å². The van der Waals surface area contributed by atoms with Crippen LogP contribution < -0.4 is 9.64 Å². The van der Waals surface area contributed by atoms with Crippen molar-refractivity contribution in [3.05, 3.63) is 65.2 Å². The molecule has 2 aromatic heterocycles. The van der Waals surface area contributed by atoms with E-state index in [0.717, 1.165) is 40.1 Å². The van der Waals surface area contributed by atoms with Crippen molar-refractivity contribution in [2.24, 2.45) is 7.05 Å². The third kappa shape index (κ3) is 5.09. The van der Waals surface area contributed by atoms with E-state index in [1.807, 2.05) is 65.5 Å². The average molecular weight is 480 g/mol. The maximum Gasteiger partial charge on any atom is 0.230 e. The first-order valence-corrected chi connectivity index (χ1v) is 12.4. The number of methoxy groups -OCH3 is 1. The molecule has 0 atom stereocenters.